The Kier molecular flexibility index (Phi) is 5.77. The van der Waals surface area contributed by atoms with Gasteiger partial charge in [-0.3, -0.25) is 4.79 Å². The minimum absolute atomic E-state index is 0.0681. The van der Waals surface area contributed by atoms with Crippen molar-refractivity contribution in [1.29, 1.82) is 0 Å². The maximum Gasteiger partial charge on any atom is 0.239 e. The number of carbonyl (C=O) groups is 1. The molecule has 0 spiro atoms. The first-order chi connectivity index (χ1) is 6.38. The Labute approximate surface area is 87.4 Å². The van der Waals surface area contributed by atoms with Gasteiger partial charge in [0.2, 0.25) is 5.91 Å². The number of carbonyl (C=O) groups excluding carboxylic acids is 1. The number of unbranched alkanes of at least 4 members (excludes halogenated alkanes) is 2. The largest absolute Gasteiger partial charge is 0.352 e. The van der Waals surface area contributed by atoms with Crippen molar-refractivity contribution in [2.45, 2.75) is 65.0 Å². The molecule has 0 aliphatic rings. The number of nitrogens with one attached hydrogen (secondary N) is 1. The molecule has 1 amide bonds. The standard InChI is InChI=1S/C11H24N2O/c1-5-6-7-8-9(2)13-10(14)11(3,4)12/h9H,5-8,12H2,1-4H3,(H,13,14). The van der Waals surface area contributed by atoms with E-state index in [0.29, 0.717) is 0 Å². The zero-order valence-corrected chi connectivity index (χ0v) is 9.89. The molecular weight excluding hydrogens is 176 g/mol. The predicted molar refractivity (Wildman–Crippen MR) is 60.0 cm³/mol. The fraction of sp³-hybridized carbons (Fsp3) is 0.909. The third kappa shape index (κ3) is 5.97. The molecule has 14 heavy (non-hydrogen) atoms. The number of hydrogen-bond donors (Lipinski definition) is 2. The molecule has 0 radical (unpaired) electrons. The zero-order chi connectivity index (χ0) is 11.2. The molecule has 84 valence electrons. The molecular formula is C11H24N2O. The van der Waals surface area contributed by atoms with E-state index in [-0.39, 0.29) is 11.9 Å². The third-order valence-corrected chi connectivity index (χ3v) is 2.20. The molecule has 0 aliphatic carbocycles. The maximum absolute atomic E-state index is 11.5. The van der Waals surface area contributed by atoms with Crippen molar-refractivity contribution in [2.24, 2.45) is 5.73 Å². The van der Waals surface area contributed by atoms with Crippen molar-refractivity contribution in [3.05, 3.63) is 0 Å². The second kappa shape index (κ2) is 6.02. The number of rotatable bonds is 6. The zero-order valence-electron chi connectivity index (χ0n) is 9.89. The van der Waals surface area contributed by atoms with Crippen LogP contribution in [-0.2, 0) is 4.79 Å². The fourth-order valence-corrected chi connectivity index (χ4v) is 1.18. The highest BCUT2D eigenvalue weighted by atomic mass is 16.2. The summed E-state index contributed by atoms with van der Waals surface area (Å²) in [6, 6.07) is 0.233. The third-order valence-electron chi connectivity index (χ3n) is 2.20. The van der Waals surface area contributed by atoms with Crippen LogP contribution in [-0.4, -0.2) is 17.5 Å². The lowest BCUT2D eigenvalue weighted by molar-refractivity contribution is -0.125. The molecule has 0 saturated carbocycles. The van der Waals surface area contributed by atoms with Crippen LogP contribution in [0.3, 0.4) is 0 Å². The highest BCUT2D eigenvalue weighted by Crippen LogP contribution is 2.04. The quantitative estimate of drug-likeness (QED) is 0.642. The van der Waals surface area contributed by atoms with Crippen LogP contribution in [0.15, 0.2) is 0 Å². The van der Waals surface area contributed by atoms with E-state index < -0.39 is 5.54 Å². The summed E-state index contributed by atoms with van der Waals surface area (Å²) in [7, 11) is 0. The van der Waals surface area contributed by atoms with Crippen molar-refractivity contribution in [3.8, 4) is 0 Å². The van der Waals surface area contributed by atoms with E-state index in [2.05, 4.69) is 12.2 Å². The van der Waals surface area contributed by atoms with Crippen LogP contribution in [0.25, 0.3) is 0 Å². The Hall–Kier alpha value is -0.570. The van der Waals surface area contributed by atoms with E-state index in [1.54, 1.807) is 13.8 Å². The molecule has 0 aromatic carbocycles. The monoisotopic (exact) mass is 200 g/mol. The van der Waals surface area contributed by atoms with Gasteiger partial charge in [0, 0.05) is 6.04 Å². The molecule has 0 rings (SSSR count). The number of hydrogen-bond acceptors (Lipinski definition) is 2. The summed E-state index contributed by atoms with van der Waals surface area (Å²) in [5.41, 5.74) is 4.91. The van der Waals surface area contributed by atoms with Crippen LogP contribution >= 0.6 is 0 Å². The Bertz CT molecular complexity index is 173. The van der Waals surface area contributed by atoms with E-state index in [9.17, 15) is 4.79 Å². The van der Waals surface area contributed by atoms with Crippen LogP contribution in [0.5, 0.6) is 0 Å². The fourth-order valence-electron chi connectivity index (χ4n) is 1.18. The lowest BCUT2D eigenvalue weighted by Crippen LogP contribution is -2.51. The van der Waals surface area contributed by atoms with Crippen molar-refractivity contribution >= 4 is 5.91 Å². The normalized spacial score (nSPS) is 13.8. The maximum atomic E-state index is 11.5. The Morgan fingerprint density at radius 1 is 1.43 bits per heavy atom. The molecule has 0 saturated heterocycles. The lowest BCUT2D eigenvalue weighted by atomic mass is 10.0. The van der Waals surface area contributed by atoms with E-state index in [1.807, 2.05) is 6.92 Å². The first-order valence-electron chi connectivity index (χ1n) is 5.47. The minimum atomic E-state index is -0.765. The predicted octanol–water partition coefficient (Wildman–Crippen LogP) is 1.81. The smallest absolute Gasteiger partial charge is 0.239 e. The van der Waals surface area contributed by atoms with Crippen LogP contribution in [0.2, 0.25) is 0 Å². The van der Waals surface area contributed by atoms with Gasteiger partial charge < -0.3 is 11.1 Å². The summed E-state index contributed by atoms with van der Waals surface area (Å²) in [5, 5.41) is 2.91. The van der Waals surface area contributed by atoms with E-state index in [0.717, 1.165) is 6.42 Å². The first kappa shape index (κ1) is 13.4. The molecule has 0 aromatic heterocycles. The summed E-state index contributed by atoms with van der Waals surface area (Å²) < 4.78 is 0. The lowest BCUT2D eigenvalue weighted by Gasteiger charge is -2.21. The van der Waals surface area contributed by atoms with Crippen molar-refractivity contribution in [3.63, 3.8) is 0 Å². The molecule has 0 aliphatic heterocycles. The Morgan fingerprint density at radius 3 is 2.43 bits per heavy atom. The van der Waals surface area contributed by atoms with Crippen molar-refractivity contribution in [1.82, 2.24) is 5.32 Å². The van der Waals surface area contributed by atoms with Gasteiger partial charge in [0.05, 0.1) is 5.54 Å². The Morgan fingerprint density at radius 2 is 2.00 bits per heavy atom. The van der Waals surface area contributed by atoms with Gasteiger partial charge in [0.1, 0.15) is 0 Å². The summed E-state index contributed by atoms with van der Waals surface area (Å²) in [4.78, 5) is 11.5. The number of amides is 1. The first-order valence-corrected chi connectivity index (χ1v) is 5.47. The van der Waals surface area contributed by atoms with Crippen molar-refractivity contribution < 1.29 is 4.79 Å². The summed E-state index contributed by atoms with van der Waals surface area (Å²) >= 11 is 0. The molecule has 0 fully saturated rings. The van der Waals surface area contributed by atoms with E-state index >= 15 is 0 Å². The molecule has 0 heterocycles. The molecule has 1 atom stereocenters. The molecule has 1 unspecified atom stereocenters. The van der Waals surface area contributed by atoms with Gasteiger partial charge in [-0.05, 0) is 27.2 Å². The summed E-state index contributed by atoms with van der Waals surface area (Å²) in [6.07, 6.45) is 4.65. The molecule has 3 nitrogen and oxygen atoms in total. The highest BCUT2D eigenvalue weighted by molar-refractivity contribution is 5.85. The average molecular weight is 200 g/mol. The minimum Gasteiger partial charge on any atom is -0.352 e. The summed E-state index contributed by atoms with van der Waals surface area (Å²) in [6.45, 7) is 7.65. The van der Waals surface area contributed by atoms with Crippen LogP contribution in [0.1, 0.15) is 53.4 Å². The average Bonchev–Trinajstić information content (AvgIpc) is 2.03. The van der Waals surface area contributed by atoms with Gasteiger partial charge in [-0.25, -0.2) is 0 Å². The summed E-state index contributed by atoms with van der Waals surface area (Å²) in [5.74, 6) is -0.0681. The van der Waals surface area contributed by atoms with E-state index in [1.165, 1.54) is 19.3 Å². The second-order valence-corrected chi connectivity index (χ2v) is 4.59. The van der Waals surface area contributed by atoms with Crippen molar-refractivity contribution in [2.75, 3.05) is 0 Å². The van der Waals surface area contributed by atoms with Crippen LogP contribution < -0.4 is 11.1 Å². The van der Waals surface area contributed by atoms with E-state index in [4.69, 9.17) is 5.73 Å². The van der Waals surface area contributed by atoms with Gasteiger partial charge in [-0.1, -0.05) is 26.2 Å². The highest BCUT2D eigenvalue weighted by Gasteiger charge is 2.22. The van der Waals surface area contributed by atoms with Crippen LogP contribution in [0, 0.1) is 0 Å². The molecule has 0 aromatic rings. The second-order valence-electron chi connectivity index (χ2n) is 4.59. The Balaban J connectivity index is 3.72. The van der Waals surface area contributed by atoms with Gasteiger partial charge in [0.15, 0.2) is 0 Å². The number of nitrogens with two attached hydrogens (primary N) is 1. The molecule has 0 bridgehead atoms. The topological polar surface area (TPSA) is 55.1 Å². The van der Waals surface area contributed by atoms with Gasteiger partial charge in [-0.15, -0.1) is 0 Å². The van der Waals surface area contributed by atoms with Crippen LogP contribution in [0.4, 0.5) is 0 Å². The van der Waals surface area contributed by atoms with Gasteiger partial charge in [0.25, 0.3) is 0 Å². The SMILES string of the molecule is CCCCCC(C)NC(=O)C(C)(C)N. The van der Waals surface area contributed by atoms with Gasteiger partial charge in [-0.2, -0.15) is 0 Å². The molecule has 3 N–H and O–H groups in total. The van der Waals surface area contributed by atoms with Gasteiger partial charge >= 0.3 is 0 Å². The molecule has 3 heteroatoms.